The van der Waals surface area contributed by atoms with E-state index in [0.717, 1.165) is 11.9 Å². The lowest BCUT2D eigenvalue weighted by Gasteiger charge is -2.35. The summed E-state index contributed by atoms with van der Waals surface area (Å²) in [6.45, 7) is 3.80. The number of nitrogens with zero attached hydrogens (tertiary/aromatic N) is 5. The minimum Gasteiger partial charge on any atom is -0.390 e. The second-order valence-corrected chi connectivity index (χ2v) is 14.6. The number of anilines is 1. The normalized spacial score (nSPS) is 21.8. The summed E-state index contributed by atoms with van der Waals surface area (Å²) in [6, 6.07) is 11.9. The van der Waals surface area contributed by atoms with Gasteiger partial charge in [-0.3, -0.25) is 4.79 Å². The topological polar surface area (TPSA) is 129 Å². The number of aromatic nitrogens is 3. The van der Waals surface area contributed by atoms with Crippen LogP contribution in [-0.4, -0.2) is 64.6 Å². The van der Waals surface area contributed by atoms with Crippen LogP contribution in [-0.2, 0) is 21.2 Å². The number of alkyl halides is 2. The van der Waals surface area contributed by atoms with E-state index in [1.807, 2.05) is 30.9 Å². The summed E-state index contributed by atoms with van der Waals surface area (Å²) in [5, 5.41) is 25.0. The quantitative estimate of drug-likeness (QED) is 0.342. The van der Waals surface area contributed by atoms with Crippen molar-refractivity contribution in [2.24, 2.45) is 17.8 Å². The van der Waals surface area contributed by atoms with Gasteiger partial charge in [-0.2, -0.15) is 10.4 Å². The summed E-state index contributed by atoms with van der Waals surface area (Å²) in [7, 11) is -3.07. The first kappa shape index (κ1) is 32.6. The molecule has 0 unspecified atom stereocenters. The van der Waals surface area contributed by atoms with Gasteiger partial charge >= 0.3 is 0 Å². The predicted octanol–water partition coefficient (Wildman–Crippen LogP) is 5.07. The van der Waals surface area contributed by atoms with Crippen molar-refractivity contribution in [2.45, 2.75) is 58.0 Å². The fourth-order valence-corrected chi connectivity index (χ4v) is 7.48. The number of ketones is 1. The molecule has 13 heteroatoms. The fourth-order valence-electron chi connectivity index (χ4n) is 6.28. The number of hydrogen-bond acceptors (Lipinski definition) is 8. The van der Waals surface area contributed by atoms with Gasteiger partial charge in [0.1, 0.15) is 11.6 Å². The van der Waals surface area contributed by atoms with Crippen molar-refractivity contribution in [3.05, 3.63) is 59.8 Å². The highest BCUT2D eigenvalue weighted by Crippen LogP contribution is 2.49. The molecule has 2 aliphatic rings. The highest BCUT2D eigenvalue weighted by atomic mass is 32.2. The maximum absolute atomic E-state index is 14.9. The number of pyridine rings is 1. The number of aliphatic hydroxyl groups excluding tert-OH is 1. The monoisotopic (exact) mass is 643 g/mol. The molecule has 0 radical (unpaired) electrons. The van der Waals surface area contributed by atoms with E-state index in [-0.39, 0.29) is 36.1 Å². The van der Waals surface area contributed by atoms with Crippen LogP contribution in [0.3, 0.4) is 0 Å². The van der Waals surface area contributed by atoms with Crippen LogP contribution in [0.4, 0.5) is 18.9 Å². The second kappa shape index (κ2) is 12.9. The number of benzene rings is 1. The molecule has 1 saturated carbocycles. The van der Waals surface area contributed by atoms with Gasteiger partial charge in [0.25, 0.3) is 0 Å². The van der Waals surface area contributed by atoms with Crippen molar-refractivity contribution in [1.29, 1.82) is 5.26 Å². The Morgan fingerprint density at radius 1 is 1.16 bits per heavy atom. The van der Waals surface area contributed by atoms with Crippen LogP contribution in [0.1, 0.15) is 56.8 Å². The van der Waals surface area contributed by atoms with Crippen molar-refractivity contribution >= 4 is 21.3 Å². The third kappa shape index (κ3) is 7.07. The molecule has 1 saturated heterocycles. The largest absolute Gasteiger partial charge is 0.390 e. The summed E-state index contributed by atoms with van der Waals surface area (Å²) in [5.74, 6) is -6.39. The van der Waals surface area contributed by atoms with Gasteiger partial charge in [0.05, 0.1) is 47.7 Å². The van der Waals surface area contributed by atoms with Crippen molar-refractivity contribution in [3.63, 3.8) is 0 Å². The lowest BCUT2D eigenvalue weighted by atomic mass is 9.70. The Morgan fingerprint density at radius 2 is 1.84 bits per heavy atom. The number of nitriles is 1. The Balaban J connectivity index is 1.60. The Morgan fingerprint density at radius 3 is 2.42 bits per heavy atom. The summed E-state index contributed by atoms with van der Waals surface area (Å²) < 4.78 is 68.7. The van der Waals surface area contributed by atoms with Crippen LogP contribution in [0, 0.1) is 34.9 Å². The maximum Gasteiger partial charge on any atom is 0.248 e. The summed E-state index contributed by atoms with van der Waals surface area (Å²) in [5.41, 5.74) is 2.51. The average molecular weight is 644 g/mol. The number of carbonyl (C=O) groups excluding carboxylic acids is 1. The molecule has 3 heterocycles. The molecular formula is C32H36F3N5O4S. The maximum atomic E-state index is 14.9. The molecule has 3 aromatic rings. The molecule has 2 aromatic heterocycles. The van der Waals surface area contributed by atoms with Gasteiger partial charge in [0.2, 0.25) is 5.92 Å². The molecule has 2 fully saturated rings. The highest BCUT2D eigenvalue weighted by molar-refractivity contribution is 7.91. The number of halogens is 3. The molecule has 1 aromatic carbocycles. The minimum absolute atomic E-state index is 0.0473. The van der Waals surface area contributed by atoms with Crippen molar-refractivity contribution in [1.82, 2.24) is 14.8 Å². The van der Waals surface area contributed by atoms with Gasteiger partial charge in [0, 0.05) is 55.4 Å². The summed E-state index contributed by atoms with van der Waals surface area (Å²) in [6.07, 6.45) is -0.339. The van der Waals surface area contributed by atoms with Crippen molar-refractivity contribution in [2.75, 3.05) is 29.5 Å². The molecule has 1 aliphatic carbocycles. The summed E-state index contributed by atoms with van der Waals surface area (Å²) in [4.78, 5) is 19.7. The van der Waals surface area contributed by atoms with Gasteiger partial charge in [-0.1, -0.05) is 26.0 Å². The van der Waals surface area contributed by atoms with Gasteiger partial charge in [-0.05, 0) is 42.2 Å². The fraction of sp³-hybridized carbons (Fsp3) is 0.500. The lowest BCUT2D eigenvalue weighted by molar-refractivity contribution is -0.132. The molecule has 9 nitrogen and oxygen atoms in total. The standard InChI is InChI=1S/C32H36F3N5O4S/c1-20(2)22(17-36)15-28(42)26-16-32(34,35)10-9-25(26)31-30(27(19-41)40(38-31)29-8-5-23(33)18-37-29)21-3-6-24(7-4-21)39-11-13-45(43,44)14-12-39/h3-8,18,20,22,25-26,41H,9-16,19H2,1-2H3/t22-,25-,26-/m1/s1. The van der Waals surface area contributed by atoms with E-state index in [4.69, 9.17) is 5.10 Å². The average Bonchev–Trinajstić information content (AvgIpc) is 3.39. The van der Waals surface area contributed by atoms with E-state index in [2.05, 4.69) is 11.1 Å². The van der Waals surface area contributed by atoms with Crippen molar-refractivity contribution in [3.8, 4) is 23.0 Å². The Hall–Kier alpha value is -3.76. The summed E-state index contributed by atoms with van der Waals surface area (Å²) >= 11 is 0. The SMILES string of the molecule is CC(C)[C@@H](C#N)CC(=O)[C@@H]1CC(F)(F)CC[C@H]1c1nn(-c2ccc(F)cn2)c(CO)c1-c1ccc(N2CCS(=O)(=O)CC2)cc1. The van der Waals surface area contributed by atoms with E-state index in [9.17, 15) is 36.8 Å². The van der Waals surface area contributed by atoms with E-state index in [1.165, 1.54) is 16.8 Å². The van der Waals surface area contributed by atoms with E-state index in [1.54, 1.807) is 12.1 Å². The smallest absolute Gasteiger partial charge is 0.248 e. The van der Waals surface area contributed by atoms with Crippen LogP contribution in [0.15, 0.2) is 42.6 Å². The Labute approximate surface area is 260 Å². The first-order valence-electron chi connectivity index (χ1n) is 15.0. The molecule has 0 amide bonds. The van der Waals surface area contributed by atoms with E-state index >= 15 is 0 Å². The highest BCUT2D eigenvalue weighted by Gasteiger charge is 2.47. The van der Waals surface area contributed by atoms with E-state index < -0.39 is 64.6 Å². The number of carbonyl (C=O) groups is 1. The molecule has 1 aliphatic heterocycles. The zero-order valence-corrected chi connectivity index (χ0v) is 26.0. The predicted molar refractivity (Wildman–Crippen MR) is 162 cm³/mol. The molecule has 0 spiro atoms. The van der Waals surface area contributed by atoms with Crippen LogP contribution < -0.4 is 4.90 Å². The van der Waals surface area contributed by atoms with Gasteiger partial charge in [0.15, 0.2) is 15.7 Å². The van der Waals surface area contributed by atoms with Gasteiger partial charge < -0.3 is 10.0 Å². The zero-order valence-electron chi connectivity index (χ0n) is 25.2. The molecule has 0 bridgehead atoms. The first-order valence-corrected chi connectivity index (χ1v) is 16.8. The molecule has 5 rings (SSSR count). The number of Topliss-reactive ketones (excluding diaryl/α,β-unsaturated/α-hetero) is 1. The van der Waals surface area contributed by atoms with Gasteiger partial charge in [-0.15, -0.1) is 0 Å². The van der Waals surface area contributed by atoms with Crippen LogP contribution >= 0.6 is 0 Å². The van der Waals surface area contributed by atoms with E-state index in [0.29, 0.717) is 35.6 Å². The number of aliphatic hydroxyl groups is 1. The molecule has 240 valence electrons. The zero-order chi connectivity index (χ0) is 32.5. The molecule has 3 atom stereocenters. The third-order valence-electron chi connectivity index (χ3n) is 8.93. The third-order valence-corrected chi connectivity index (χ3v) is 10.5. The Kier molecular flexibility index (Phi) is 9.37. The molecule has 1 N–H and O–H groups in total. The first-order chi connectivity index (χ1) is 21.3. The van der Waals surface area contributed by atoms with Crippen LogP contribution in [0.2, 0.25) is 0 Å². The molecule has 45 heavy (non-hydrogen) atoms. The minimum atomic E-state index is -3.07. The lowest BCUT2D eigenvalue weighted by Crippen LogP contribution is -2.40. The Bertz CT molecular complexity index is 1670. The van der Waals surface area contributed by atoms with Crippen LogP contribution in [0.5, 0.6) is 0 Å². The molecular weight excluding hydrogens is 607 g/mol. The second-order valence-electron chi connectivity index (χ2n) is 12.3. The number of hydrogen-bond donors (Lipinski definition) is 1. The number of sulfone groups is 1. The number of rotatable bonds is 9. The van der Waals surface area contributed by atoms with Crippen molar-refractivity contribution < 1.29 is 31.5 Å². The van der Waals surface area contributed by atoms with Gasteiger partial charge in [-0.25, -0.2) is 31.3 Å². The van der Waals surface area contributed by atoms with Crippen LogP contribution in [0.25, 0.3) is 16.9 Å².